The van der Waals surface area contributed by atoms with Crippen molar-refractivity contribution in [3.63, 3.8) is 0 Å². The summed E-state index contributed by atoms with van der Waals surface area (Å²) in [5.41, 5.74) is 2.10. The Morgan fingerprint density at radius 1 is 1.36 bits per heavy atom. The number of pyridine rings is 1. The van der Waals surface area contributed by atoms with Gasteiger partial charge in [0, 0.05) is 28.9 Å². The van der Waals surface area contributed by atoms with Gasteiger partial charge in [0.2, 0.25) is 0 Å². The van der Waals surface area contributed by atoms with Crippen LogP contribution in [0.15, 0.2) is 42.0 Å². The van der Waals surface area contributed by atoms with Crippen molar-refractivity contribution in [2.24, 2.45) is 0 Å². The van der Waals surface area contributed by atoms with E-state index in [1.165, 1.54) is 18.2 Å². The second-order valence-electron chi connectivity index (χ2n) is 7.33. The fourth-order valence-corrected chi connectivity index (χ4v) is 3.57. The lowest BCUT2D eigenvalue weighted by Crippen LogP contribution is -2.28. The predicted octanol–water partition coefficient (Wildman–Crippen LogP) is 4.05. The van der Waals surface area contributed by atoms with Crippen molar-refractivity contribution < 1.29 is 13.9 Å². The van der Waals surface area contributed by atoms with E-state index in [0.717, 1.165) is 19.2 Å². The van der Waals surface area contributed by atoms with Crippen molar-refractivity contribution in [3.05, 3.63) is 58.4 Å². The number of hydrogen-bond donors (Lipinski definition) is 4. The van der Waals surface area contributed by atoms with Gasteiger partial charge in [-0.3, -0.25) is 4.79 Å². The second kappa shape index (κ2) is 11.6. The van der Waals surface area contributed by atoms with Gasteiger partial charge >= 0.3 is 0 Å². The van der Waals surface area contributed by atoms with Crippen molar-refractivity contribution in [2.75, 3.05) is 38.6 Å². The Hall–Kier alpha value is -3.23. The number of aromatic nitrogens is 1. The average molecular weight is 472 g/mol. The first-order valence-electron chi connectivity index (χ1n) is 10.7. The van der Waals surface area contributed by atoms with E-state index in [4.69, 9.17) is 21.7 Å². The molecule has 33 heavy (non-hydrogen) atoms. The van der Waals surface area contributed by atoms with Gasteiger partial charge in [0.05, 0.1) is 17.8 Å². The first-order valence-corrected chi connectivity index (χ1v) is 11.0. The minimum atomic E-state index is -0.451. The molecule has 2 heterocycles. The lowest BCUT2D eigenvalue weighted by Gasteiger charge is -2.23. The lowest BCUT2D eigenvalue weighted by molar-refractivity contribution is -0.116. The summed E-state index contributed by atoms with van der Waals surface area (Å²) in [6, 6.07) is 6.00. The number of fused-ring (bicyclic) bond motifs is 1. The summed E-state index contributed by atoms with van der Waals surface area (Å²) in [5.74, 6) is 0.195. The van der Waals surface area contributed by atoms with Crippen LogP contribution in [0, 0.1) is 11.2 Å². The van der Waals surface area contributed by atoms with Crippen LogP contribution < -0.4 is 20.7 Å². The molecule has 1 aromatic carbocycles. The molecule has 2 aromatic rings. The first-order chi connectivity index (χ1) is 16.0. The van der Waals surface area contributed by atoms with Crippen molar-refractivity contribution in [3.8, 4) is 17.0 Å². The number of nitrogens with zero attached hydrogens (tertiary/aromatic N) is 1. The Bertz CT molecular complexity index is 1100. The maximum absolute atomic E-state index is 14.6. The zero-order valence-electron chi connectivity index (χ0n) is 18.6. The number of carbonyl (C=O) groups excluding carboxylic acids is 1. The van der Waals surface area contributed by atoms with E-state index in [1.54, 1.807) is 12.1 Å². The smallest absolute Gasteiger partial charge is 0.252 e. The summed E-state index contributed by atoms with van der Waals surface area (Å²) >= 11 is 6.09. The number of nitrogens with one attached hydrogen (secondary N) is 4. The van der Waals surface area contributed by atoms with Gasteiger partial charge in [-0.15, -0.1) is 0 Å². The molecular formula is C24H27ClFN5O2. The van der Waals surface area contributed by atoms with E-state index < -0.39 is 5.82 Å². The fourth-order valence-electron chi connectivity index (χ4n) is 3.39. The number of halogens is 2. The Morgan fingerprint density at radius 3 is 2.91 bits per heavy atom. The van der Waals surface area contributed by atoms with Crippen LogP contribution in [0.1, 0.15) is 18.9 Å². The monoisotopic (exact) mass is 471 g/mol. The van der Waals surface area contributed by atoms with Gasteiger partial charge in [-0.1, -0.05) is 17.7 Å². The number of hydrogen-bond acceptors (Lipinski definition) is 6. The van der Waals surface area contributed by atoms with Crippen LogP contribution in [0.4, 0.5) is 10.2 Å². The molecule has 0 bridgehead atoms. The third kappa shape index (κ3) is 5.97. The highest BCUT2D eigenvalue weighted by molar-refractivity contribution is 6.30. The minimum Gasteiger partial charge on any atom is -0.487 e. The van der Waals surface area contributed by atoms with Crippen molar-refractivity contribution >= 4 is 35.1 Å². The number of ether oxygens (including phenoxy) is 1. The van der Waals surface area contributed by atoms with Crippen molar-refractivity contribution in [1.82, 2.24) is 15.6 Å². The molecular weight excluding hydrogens is 445 g/mol. The molecule has 1 amide bonds. The lowest BCUT2D eigenvalue weighted by atomic mass is 9.99. The molecule has 0 radical (unpaired) electrons. The van der Waals surface area contributed by atoms with Gasteiger partial charge < -0.3 is 26.1 Å². The maximum atomic E-state index is 14.6. The molecule has 4 N–H and O–H groups in total. The Balaban J connectivity index is 2.03. The normalized spacial score (nSPS) is 13.6. The molecule has 0 aliphatic carbocycles. The van der Waals surface area contributed by atoms with Gasteiger partial charge in [0.25, 0.3) is 5.91 Å². The molecule has 9 heteroatoms. The second-order valence-corrected chi connectivity index (χ2v) is 7.77. The van der Waals surface area contributed by atoms with Gasteiger partial charge in [-0.05, 0) is 62.9 Å². The summed E-state index contributed by atoms with van der Waals surface area (Å²) in [4.78, 5) is 17.1. The van der Waals surface area contributed by atoms with E-state index in [-0.39, 0.29) is 17.0 Å². The number of allylic oxidation sites excluding steroid dienone is 3. The molecule has 0 fully saturated rings. The van der Waals surface area contributed by atoms with E-state index in [0.29, 0.717) is 53.1 Å². The summed E-state index contributed by atoms with van der Waals surface area (Å²) < 4.78 is 20.5. The van der Waals surface area contributed by atoms with Crippen molar-refractivity contribution in [2.45, 2.75) is 13.3 Å². The molecule has 1 aliphatic heterocycles. The average Bonchev–Trinajstić information content (AvgIpc) is 2.83. The number of rotatable bonds is 9. The van der Waals surface area contributed by atoms with Gasteiger partial charge in [-0.25, -0.2) is 9.37 Å². The molecule has 0 saturated carbocycles. The molecule has 0 spiro atoms. The van der Waals surface area contributed by atoms with E-state index in [1.807, 2.05) is 20.0 Å². The quantitative estimate of drug-likeness (QED) is 0.191. The highest BCUT2D eigenvalue weighted by Gasteiger charge is 2.22. The highest BCUT2D eigenvalue weighted by atomic mass is 35.5. The Labute approximate surface area is 197 Å². The largest absolute Gasteiger partial charge is 0.487 e. The highest BCUT2D eigenvalue weighted by Crippen LogP contribution is 2.39. The summed E-state index contributed by atoms with van der Waals surface area (Å²) in [7, 11) is 1.85. The van der Waals surface area contributed by atoms with Gasteiger partial charge in [0.1, 0.15) is 12.4 Å². The zero-order valence-corrected chi connectivity index (χ0v) is 19.4. The standard InChI is InChI=1S/C24H27ClFN5O2/c1-3-15(11-16(14-27)24(32)30-8-4-7-28-2)18-13-21(19-12-17(25)5-6-20(19)26)31-23-22(18)33-10-9-29-23/h3,5-6,11-14,27-28H,4,7-10H2,1-2H3,(H,29,31)(H,30,32)/b15-3+,16-11+,27-14?. The molecule has 1 aliphatic rings. The summed E-state index contributed by atoms with van der Waals surface area (Å²) in [6.45, 7) is 4.09. The summed E-state index contributed by atoms with van der Waals surface area (Å²) in [5, 5.41) is 17.2. The Morgan fingerprint density at radius 2 is 2.18 bits per heavy atom. The topological polar surface area (TPSA) is 99.1 Å². The van der Waals surface area contributed by atoms with E-state index in [2.05, 4.69) is 20.9 Å². The Kier molecular flexibility index (Phi) is 8.57. The molecule has 3 rings (SSSR count). The molecule has 0 atom stereocenters. The zero-order chi connectivity index (χ0) is 23.8. The van der Waals surface area contributed by atoms with Crippen LogP contribution in [-0.4, -0.2) is 50.4 Å². The molecule has 7 nitrogen and oxygen atoms in total. The number of benzene rings is 1. The van der Waals surface area contributed by atoms with Crippen LogP contribution in [0.5, 0.6) is 5.75 Å². The van der Waals surface area contributed by atoms with Crippen LogP contribution in [0.2, 0.25) is 5.02 Å². The van der Waals surface area contributed by atoms with Crippen LogP contribution in [0.3, 0.4) is 0 Å². The fraction of sp³-hybridized carbons (Fsp3) is 0.292. The van der Waals surface area contributed by atoms with Crippen LogP contribution >= 0.6 is 11.6 Å². The molecule has 0 unspecified atom stereocenters. The van der Waals surface area contributed by atoms with Gasteiger partial charge in [-0.2, -0.15) is 0 Å². The van der Waals surface area contributed by atoms with Crippen LogP contribution in [-0.2, 0) is 4.79 Å². The third-order valence-electron chi connectivity index (χ3n) is 5.06. The maximum Gasteiger partial charge on any atom is 0.252 e. The number of amides is 1. The third-order valence-corrected chi connectivity index (χ3v) is 5.29. The van der Waals surface area contributed by atoms with Crippen molar-refractivity contribution in [1.29, 1.82) is 5.41 Å². The molecule has 0 saturated heterocycles. The molecule has 1 aromatic heterocycles. The van der Waals surface area contributed by atoms with Gasteiger partial charge in [0.15, 0.2) is 11.6 Å². The SMILES string of the molecule is C/C=C(\C=C(/C=N)C(=O)NCCCNC)c1cc(-c2cc(Cl)ccc2F)nc2c1OCCN2. The minimum absolute atomic E-state index is 0.192. The van der Waals surface area contributed by atoms with E-state index in [9.17, 15) is 9.18 Å². The predicted molar refractivity (Wildman–Crippen MR) is 131 cm³/mol. The van der Waals surface area contributed by atoms with E-state index >= 15 is 0 Å². The number of anilines is 1. The van der Waals surface area contributed by atoms with Crippen LogP contribution in [0.25, 0.3) is 16.8 Å². The summed E-state index contributed by atoms with van der Waals surface area (Å²) in [6.07, 6.45) is 5.21. The molecule has 174 valence electrons. The first kappa shape index (κ1) is 24.4. The number of carbonyl (C=O) groups is 1.